The summed E-state index contributed by atoms with van der Waals surface area (Å²) in [7, 11) is 0. The van der Waals surface area contributed by atoms with Gasteiger partial charge in [0, 0.05) is 43.1 Å². The zero-order chi connectivity index (χ0) is 22.5. The van der Waals surface area contributed by atoms with E-state index in [4.69, 9.17) is 9.47 Å². The molecule has 0 amide bonds. The van der Waals surface area contributed by atoms with Gasteiger partial charge in [0.25, 0.3) is 0 Å². The number of Topliss-reactive ketones (excluding diaryl/α,β-unsaturated/α-hetero) is 1. The maximum atomic E-state index is 14.4. The number of benzene rings is 1. The Morgan fingerprint density at radius 3 is 2.59 bits per heavy atom. The van der Waals surface area contributed by atoms with Gasteiger partial charge in [-0.25, -0.2) is 4.39 Å². The molecule has 1 aromatic carbocycles. The highest BCUT2D eigenvalue weighted by atomic mass is 19.1. The molecule has 0 unspecified atom stereocenters. The van der Waals surface area contributed by atoms with Crippen LogP contribution in [0.3, 0.4) is 0 Å². The Hall–Kier alpha value is -2.96. The molecule has 0 spiro atoms. The molecule has 2 heterocycles. The number of ether oxygens (including phenoxy) is 2. The lowest BCUT2D eigenvalue weighted by Gasteiger charge is -2.32. The fraction of sp³-hybridized carbons (Fsp3) is 0.480. The van der Waals surface area contributed by atoms with E-state index < -0.39 is 5.82 Å². The SMILES string of the molecule is CC(=O)OCCC1CCN(c2cccc(OCc3ccc(C(=O)C4CC4)cc3F)n2)CC1. The van der Waals surface area contributed by atoms with Gasteiger partial charge in [-0.1, -0.05) is 18.2 Å². The lowest BCUT2D eigenvalue weighted by molar-refractivity contribution is -0.141. The van der Waals surface area contributed by atoms with Gasteiger partial charge in [-0.15, -0.1) is 0 Å². The van der Waals surface area contributed by atoms with E-state index in [-0.39, 0.29) is 24.3 Å². The molecule has 0 N–H and O–H groups in total. The number of esters is 1. The summed E-state index contributed by atoms with van der Waals surface area (Å²) in [5.41, 5.74) is 0.836. The molecule has 6 nitrogen and oxygen atoms in total. The normalized spacial score (nSPS) is 16.6. The van der Waals surface area contributed by atoms with Crippen LogP contribution in [-0.4, -0.2) is 36.4 Å². The van der Waals surface area contributed by atoms with E-state index >= 15 is 0 Å². The van der Waals surface area contributed by atoms with Crippen molar-refractivity contribution in [1.82, 2.24) is 4.98 Å². The number of nitrogens with zero attached hydrogens (tertiary/aromatic N) is 2. The number of hydrogen-bond donors (Lipinski definition) is 0. The smallest absolute Gasteiger partial charge is 0.302 e. The fourth-order valence-electron chi connectivity index (χ4n) is 4.03. The van der Waals surface area contributed by atoms with Crippen molar-refractivity contribution in [3.05, 3.63) is 53.3 Å². The summed E-state index contributed by atoms with van der Waals surface area (Å²) < 4.78 is 25.2. The third kappa shape index (κ3) is 5.84. The Bertz CT molecular complexity index is 968. The molecule has 0 bridgehead atoms. The highest BCUT2D eigenvalue weighted by molar-refractivity contribution is 5.99. The van der Waals surface area contributed by atoms with Gasteiger partial charge in [-0.2, -0.15) is 4.98 Å². The minimum absolute atomic E-state index is 0.0286. The van der Waals surface area contributed by atoms with Crippen molar-refractivity contribution in [2.75, 3.05) is 24.6 Å². The Labute approximate surface area is 187 Å². The van der Waals surface area contributed by atoms with Crippen molar-refractivity contribution in [2.45, 2.75) is 45.6 Å². The number of halogens is 1. The summed E-state index contributed by atoms with van der Waals surface area (Å²) >= 11 is 0. The van der Waals surface area contributed by atoms with Crippen molar-refractivity contribution in [3.8, 4) is 5.88 Å². The van der Waals surface area contributed by atoms with Crippen molar-refractivity contribution in [2.24, 2.45) is 11.8 Å². The maximum Gasteiger partial charge on any atom is 0.302 e. The summed E-state index contributed by atoms with van der Waals surface area (Å²) in [5.74, 6) is 1.27. The summed E-state index contributed by atoms with van der Waals surface area (Å²) in [6.07, 6.45) is 4.73. The minimum Gasteiger partial charge on any atom is -0.473 e. The van der Waals surface area contributed by atoms with Crippen LogP contribution >= 0.6 is 0 Å². The molecule has 1 saturated heterocycles. The molecule has 0 radical (unpaired) electrons. The molecule has 1 aromatic heterocycles. The average molecular weight is 441 g/mol. The monoisotopic (exact) mass is 440 g/mol. The second-order valence-corrected chi connectivity index (χ2v) is 8.63. The molecule has 2 aliphatic rings. The molecule has 0 atom stereocenters. The van der Waals surface area contributed by atoms with Crippen LogP contribution in [0.15, 0.2) is 36.4 Å². The van der Waals surface area contributed by atoms with Gasteiger partial charge in [0.15, 0.2) is 5.78 Å². The van der Waals surface area contributed by atoms with E-state index in [1.807, 2.05) is 12.1 Å². The Morgan fingerprint density at radius 2 is 1.91 bits per heavy atom. The zero-order valence-electron chi connectivity index (χ0n) is 18.4. The number of aromatic nitrogens is 1. The molecule has 1 aliphatic carbocycles. The first kappa shape index (κ1) is 22.2. The number of piperidine rings is 1. The summed E-state index contributed by atoms with van der Waals surface area (Å²) in [6.45, 7) is 3.73. The summed E-state index contributed by atoms with van der Waals surface area (Å²) in [5, 5.41) is 0. The van der Waals surface area contributed by atoms with E-state index in [9.17, 15) is 14.0 Å². The summed E-state index contributed by atoms with van der Waals surface area (Å²) in [6, 6.07) is 10.2. The van der Waals surface area contributed by atoms with Gasteiger partial charge in [0.2, 0.25) is 5.88 Å². The van der Waals surface area contributed by atoms with Gasteiger partial charge in [0.1, 0.15) is 18.2 Å². The van der Waals surface area contributed by atoms with Gasteiger partial charge < -0.3 is 14.4 Å². The van der Waals surface area contributed by atoms with Crippen LogP contribution in [0.5, 0.6) is 5.88 Å². The lowest BCUT2D eigenvalue weighted by atomic mass is 9.94. The van der Waals surface area contributed by atoms with Crippen molar-refractivity contribution in [1.29, 1.82) is 0 Å². The predicted octanol–water partition coefficient (Wildman–Crippen LogP) is 4.56. The topological polar surface area (TPSA) is 68.7 Å². The molecular weight excluding hydrogens is 411 g/mol. The first-order valence-electron chi connectivity index (χ1n) is 11.3. The van der Waals surface area contributed by atoms with Crippen LogP contribution < -0.4 is 9.64 Å². The first-order valence-corrected chi connectivity index (χ1v) is 11.3. The number of pyridine rings is 1. The van der Waals surface area contributed by atoms with Crippen LogP contribution in [0.25, 0.3) is 0 Å². The van der Waals surface area contributed by atoms with Crippen LogP contribution in [0.1, 0.15) is 54.9 Å². The van der Waals surface area contributed by atoms with Gasteiger partial charge in [-0.3, -0.25) is 9.59 Å². The Morgan fingerprint density at radius 1 is 1.12 bits per heavy atom. The number of carbonyl (C=O) groups excluding carboxylic acids is 2. The number of anilines is 1. The lowest BCUT2D eigenvalue weighted by Crippen LogP contribution is -2.34. The first-order chi connectivity index (χ1) is 15.5. The second kappa shape index (κ2) is 10.1. The molecular formula is C25H29FN2O4. The third-order valence-corrected chi connectivity index (χ3v) is 6.14. The second-order valence-electron chi connectivity index (χ2n) is 8.63. The van der Waals surface area contributed by atoms with Crippen molar-refractivity contribution in [3.63, 3.8) is 0 Å². The highest BCUT2D eigenvalue weighted by Crippen LogP contribution is 2.33. The minimum atomic E-state index is -0.427. The number of carbonyl (C=O) groups is 2. The van der Waals surface area contributed by atoms with E-state index in [0.717, 1.165) is 51.0 Å². The molecule has 2 fully saturated rings. The maximum absolute atomic E-state index is 14.4. The van der Waals surface area contributed by atoms with Gasteiger partial charge in [-0.05, 0) is 50.2 Å². The molecule has 1 aliphatic heterocycles. The Kier molecular flexibility index (Phi) is 7.02. The average Bonchev–Trinajstić information content (AvgIpc) is 3.64. The van der Waals surface area contributed by atoms with Crippen molar-refractivity contribution >= 4 is 17.6 Å². The summed E-state index contributed by atoms with van der Waals surface area (Å²) in [4.78, 5) is 29.8. The largest absolute Gasteiger partial charge is 0.473 e. The molecule has 170 valence electrons. The van der Waals surface area contributed by atoms with Crippen LogP contribution in [0.4, 0.5) is 10.2 Å². The quantitative estimate of drug-likeness (QED) is 0.421. The number of hydrogen-bond acceptors (Lipinski definition) is 6. The standard InChI is InChI=1S/C25H29FN2O4/c1-17(29)31-14-11-18-9-12-28(13-10-18)23-3-2-4-24(27-23)32-16-21-8-7-20(15-22(21)26)25(30)19-5-6-19/h2-4,7-8,15,18-19H,5-6,9-14,16H2,1H3. The predicted molar refractivity (Wildman–Crippen MR) is 118 cm³/mol. The van der Waals surface area contributed by atoms with Gasteiger partial charge >= 0.3 is 5.97 Å². The number of ketones is 1. The molecule has 32 heavy (non-hydrogen) atoms. The third-order valence-electron chi connectivity index (χ3n) is 6.14. The van der Waals surface area contributed by atoms with E-state index in [2.05, 4.69) is 9.88 Å². The molecule has 4 rings (SSSR count). The highest BCUT2D eigenvalue weighted by Gasteiger charge is 2.30. The fourth-order valence-corrected chi connectivity index (χ4v) is 4.03. The zero-order valence-corrected chi connectivity index (χ0v) is 18.4. The van der Waals surface area contributed by atoms with E-state index in [0.29, 0.717) is 29.5 Å². The molecule has 7 heteroatoms. The van der Waals surface area contributed by atoms with Crippen LogP contribution in [0, 0.1) is 17.7 Å². The van der Waals surface area contributed by atoms with Gasteiger partial charge in [0.05, 0.1) is 6.61 Å². The molecule has 1 saturated carbocycles. The Balaban J connectivity index is 1.29. The van der Waals surface area contributed by atoms with Crippen LogP contribution in [-0.2, 0) is 16.1 Å². The molecule has 2 aromatic rings. The van der Waals surface area contributed by atoms with Crippen molar-refractivity contribution < 1.29 is 23.5 Å². The van der Waals surface area contributed by atoms with Crippen LogP contribution in [0.2, 0.25) is 0 Å². The van der Waals surface area contributed by atoms with E-state index in [1.165, 1.54) is 13.0 Å². The van der Waals surface area contributed by atoms with E-state index in [1.54, 1.807) is 18.2 Å². The number of rotatable bonds is 9.